The van der Waals surface area contributed by atoms with Gasteiger partial charge in [-0.25, -0.2) is 13.1 Å². The van der Waals surface area contributed by atoms with Crippen LogP contribution in [0.2, 0.25) is 0 Å². The Morgan fingerprint density at radius 3 is 2.45 bits per heavy atom. The van der Waals surface area contributed by atoms with Gasteiger partial charge in [0.1, 0.15) is 0 Å². The number of ether oxygens (including phenoxy) is 1. The van der Waals surface area contributed by atoms with Crippen LogP contribution in [0, 0.1) is 6.92 Å². The monoisotopic (exact) mass is 414 g/mol. The summed E-state index contributed by atoms with van der Waals surface area (Å²) in [5.74, 6) is -0.961. The van der Waals surface area contributed by atoms with Crippen molar-refractivity contribution < 1.29 is 22.7 Å². The highest BCUT2D eigenvalue weighted by Crippen LogP contribution is 2.23. The van der Waals surface area contributed by atoms with Crippen LogP contribution in [0.15, 0.2) is 59.5 Å². The van der Waals surface area contributed by atoms with Crippen LogP contribution in [-0.2, 0) is 19.6 Å². The zero-order valence-corrected chi connectivity index (χ0v) is 17.0. The summed E-state index contributed by atoms with van der Waals surface area (Å²) in [5.41, 5.74) is 2.03. The molecule has 29 heavy (non-hydrogen) atoms. The normalized spacial score (nSPS) is 12.6. The number of esters is 1. The van der Waals surface area contributed by atoms with Crippen molar-refractivity contribution in [3.63, 3.8) is 0 Å². The molecule has 2 N–H and O–H groups in total. The van der Waals surface area contributed by atoms with Crippen molar-refractivity contribution in [2.24, 2.45) is 0 Å². The molecule has 0 aliphatic carbocycles. The minimum atomic E-state index is -3.69. The van der Waals surface area contributed by atoms with Crippen LogP contribution in [0.3, 0.4) is 0 Å². The van der Waals surface area contributed by atoms with E-state index in [-0.39, 0.29) is 23.6 Å². The topological polar surface area (TPSA) is 105 Å². The second kappa shape index (κ2) is 8.59. The lowest BCUT2D eigenvalue weighted by Crippen LogP contribution is -2.29. The highest BCUT2D eigenvalue weighted by molar-refractivity contribution is 7.89. The lowest BCUT2D eigenvalue weighted by atomic mass is 10.0. The molecule has 0 spiro atoms. The van der Waals surface area contributed by atoms with Gasteiger partial charge in [-0.15, -0.1) is 0 Å². The molecule has 0 fully saturated rings. The number of ketones is 1. The maximum absolute atomic E-state index is 12.8. The van der Waals surface area contributed by atoms with Crippen LogP contribution < -0.4 is 4.72 Å². The van der Waals surface area contributed by atoms with Gasteiger partial charge >= 0.3 is 5.97 Å². The Labute approximate surface area is 169 Å². The third-order valence-electron chi connectivity index (χ3n) is 4.49. The number of aryl methyl sites for hydroxylation is 1. The van der Waals surface area contributed by atoms with Crippen LogP contribution in [0.25, 0.3) is 10.9 Å². The van der Waals surface area contributed by atoms with Crippen LogP contribution in [0.5, 0.6) is 0 Å². The second-order valence-corrected chi connectivity index (χ2v) is 8.39. The van der Waals surface area contributed by atoms with E-state index in [1.54, 1.807) is 25.1 Å². The number of Topliss-reactive ketones (excluding diaryl/α,β-unsaturated/α-hetero) is 1. The van der Waals surface area contributed by atoms with E-state index in [4.69, 9.17) is 4.74 Å². The molecule has 1 aromatic heterocycles. The summed E-state index contributed by atoms with van der Waals surface area (Å²) in [4.78, 5) is 28.1. The maximum Gasteiger partial charge on any atom is 0.307 e. The fourth-order valence-corrected chi connectivity index (χ4v) is 4.13. The standard InChI is InChI=1S/C21H22N2O5S/c1-14-20(17-10-6-7-11-18(17)23-14)21(25)15(2)28-19(24)12-13-22-29(26,27)16-8-4-3-5-9-16/h3-11,15,22-23H,12-13H2,1-2H3/t15-/m1/s1. The molecule has 1 atom stereocenters. The quantitative estimate of drug-likeness (QED) is 0.435. The van der Waals surface area contributed by atoms with Gasteiger partial charge in [0.25, 0.3) is 0 Å². The molecule has 0 unspecified atom stereocenters. The molecular weight excluding hydrogens is 392 g/mol. The van der Waals surface area contributed by atoms with Gasteiger partial charge in [-0.05, 0) is 32.0 Å². The molecular formula is C21H22N2O5S. The van der Waals surface area contributed by atoms with Gasteiger partial charge in [-0.2, -0.15) is 0 Å². The molecule has 3 aromatic rings. The Hall–Kier alpha value is -2.97. The highest BCUT2D eigenvalue weighted by Gasteiger charge is 2.24. The molecule has 2 aromatic carbocycles. The second-order valence-electron chi connectivity index (χ2n) is 6.63. The number of para-hydroxylation sites is 1. The fourth-order valence-electron chi connectivity index (χ4n) is 3.08. The van der Waals surface area contributed by atoms with Gasteiger partial charge in [0.2, 0.25) is 15.8 Å². The van der Waals surface area contributed by atoms with Crippen molar-refractivity contribution in [2.75, 3.05) is 6.54 Å². The van der Waals surface area contributed by atoms with E-state index in [9.17, 15) is 18.0 Å². The first-order valence-corrected chi connectivity index (χ1v) is 10.6. The molecule has 0 radical (unpaired) electrons. The van der Waals surface area contributed by atoms with E-state index in [1.807, 2.05) is 24.3 Å². The number of aromatic amines is 1. The number of carbonyl (C=O) groups excluding carboxylic acids is 2. The summed E-state index contributed by atoms with van der Waals surface area (Å²) < 4.78 is 31.9. The Balaban J connectivity index is 1.58. The van der Waals surface area contributed by atoms with E-state index in [0.717, 1.165) is 10.9 Å². The van der Waals surface area contributed by atoms with E-state index in [2.05, 4.69) is 9.71 Å². The number of nitrogens with one attached hydrogen (secondary N) is 2. The average Bonchev–Trinajstić information content (AvgIpc) is 3.03. The predicted octanol–water partition coefficient (Wildman–Crippen LogP) is 2.96. The largest absolute Gasteiger partial charge is 0.454 e. The predicted molar refractivity (Wildman–Crippen MR) is 109 cm³/mol. The highest BCUT2D eigenvalue weighted by atomic mass is 32.2. The van der Waals surface area contributed by atoms with Crippen molar-refractivity contribution in [1.29, 1.82) is 0 Å². The summed E-state index contributed by atoms with van der Waals surface area (Å²) in [6.07, 6.45) is -1.16. The van der Waals surface area contributed by atoms with Gasteiger partial charge in [-0.3, -0.25) is 9.59 Å². The Bertz CT molecular complexity index is 1140. The first-order chi connectivity index (χ1) is 13.8. The molecule has 3 rings (SSSR count). The third kappa shape index (κ3) is 4.72. The molecule has 0 aliphatic heterocycles. The van der Waals surface area contributed by atoms with Gasteiger partial charge < -0.3 is 9.72 Å². The van der Waals surface area contributed by atoms with E-state index in [1.165, 1.54) is 19.1 Å². The van der Waals surface area contributed by atoms with Crippen LogP contribution in [0.4, 0.5) is 0 Å². The van der Waals surface area contributed by atoms with Crippen molar-refractivity contribution in [1.82, 2.24) is 9.71 Å². The summed E-state index contributed by atoms with van der Waals surface area (Å²) in [7, 11) is -3.69. The smallest absolute Gasteiger partial charge is 0.307 e. The van der Waals surface area contributed by atoms with Crippen LogP contribution in [0.1, 0.15) is 29.4 Å². The van der Waals surface area contributed by atoms with Gasteiger partial charge in [0.15, 0.2) is 6.10 Å². The zero-order chi connectivity index (χ0) is 21.0. The number of aromatic nitrogens is 1. The first-order valence-electron chi connectivity index (χ1n) is 9.15. The summed E-state index contributed by atoms with van der Waals surface area (Å²) >= 11 is 0. The molecule has 0 aliphatic rings. The number of benzene rings is 2. The number of hydrogen-bond acceptors (Lipinski definition) is 5. The molecule has 1 heterocycles. The first kappa shape index (κ1) is 20.8. The van der Waals surface area contributed by atoms with Crippen molar-refractivity contribution in [2.45, 2.75) is 31.3 Å². The summed E-state index contributed by atoms with van der Waals surface area (Å²) in [6, 6.07) is 15.3. The number of H-pyrrole nitrogens is 1. The average molecular weight is 414 g/mol. The molecule has 0 saturated carbocycles. The SMILES string of the molecule is Cc1[nH]c2ccccc2c1C(=O)[C@@H](C)OC(=O)CCNS(=O)(=O)c1ccccc1. The van der Waals surface area contributed by atoms with E-state index < -0.39 is 22.1 Å². The summed E-state index contributed by atoms with van der Waals surface area (Å²) in [5, 5.41) is 0.772. The van der Waals surface area contributed by atoms with Crippen molar-refractivity contribution in [3.05, 3.63) is 65.9 Å². The minimum absolute atomic E-state index is 0.117. The molecule has 0 bridgehead atoms. The molecule has 152 valence electrons. The Kier molecular flexibility index (Phi) is 6.14. The Morgan fingerprint density at radius 2 is 1.72 bits per heavy atom. The van der Waals surface area contributed by atoms with E-state index >= 15 is 0 Å². The maximum atomic E-state index is 12.8. The van der Waals surface area contributed by atoms with Gasteiger partial charge in [0, 0.05) is 28.7 Å². The number of hydrogen-bond donors (Lipinski definition) is 2. The molecule has 8 heteroatoms. The van der Waals surface area contributed by atoms with Crippen molar-refractivity contribution >= 4 is 32.7 Å². The third-order valence-corrected chi connectivity index (χ3v) is 5.97. The molecule has 0 amide bonds. The number of fused-ring (bicyclic) bond motifs is 1. The lowest BCUT2D eigenvalue weighted by molar-refractivity contribution is -0.146. The van der Waals surface area contributed by atoms with Crippen LogP contribution >= 0.6 is 0 Å². The minimum Gasteiger partial charge on any atom is -0.454 e. The number of sulfonamides is 1. The molecule has 0 saturated heterocycles. The fraction of sp³-hybridized carbons (Fsp3) is 0.238. The number of rotatable bonds is 8. The molecule has 7 nitrogen and oxygen atoms in total. The van der Waals surface area contributed by atoms with E-state index in [0.29, 0.717) is 11.3 Å². The number of carbonyl (C=O) groups is 2. The van der Waals surface area contributed by atoms with Crippen molar-refractivity contribution in [3.8, 4) is 0 Å². The zero-order valence-electron chi connectivity index (χ0n) is 16.1. The summed E-state index contributed by atoms with van der Waals surface area (Å²) in [6.45, 7) is 3.18. The van der Waals surface area contributed by atoms with Gasteiger partial charge in [-0.1, -0.05) is 36.4 Å². The lowest BCUT2D eigenvalue weighted by Gasteiger charge is -2.13. The Morgan fingerprint density at radius 1 is 1.07 bits per heavy atom. The van der Waals surface area contributed by atoms with Crippen LogP contribution in [-0.4, -0.2) is 37.8 Å². The van der Waals surface area contributed by atoms with Gasteiger partial charge in [0.05, 0.1) is 11.3 Å².